The van der Waals surface area contributed by atoms with E-state index < -0.39 is 0 Å². The predicted molar refractivity (Wildman–Crippen MR) is 96.9 cm³/mol. The fourth-order valence-electron chi connectivity index (χ4n) is 3.72. The highest BCUT2D eigenvalue weighted by Gasteiger charge is 2.25. The maximum absolute atomic E-state index is 14.0. The zero-order valence-corrected chi connectivity index (χ0v) is 14.9. The highest BCUT2D eigenvalue weighted by molar-refractivity contribution is 5.86. The van der Waals surface area contributed by atoms with Crippen molar-refractivity contribution in [3.63, 3.8) is 0 Å². The van der Waals surface area contributed by atoms with Gasteiger partial charge in [0.2, 0.25) is 6.73 Å². The van der Waals surface area contributed by atoms with E-state index in [2.05, 4.69) is 6.07 Å². The van der Waals surface area contributed by atoms with E-state index in [9.17, 15) is 9.18 Å². The Bertz CT molecular complexity index is 1040. The van der Waals surface area contributed by atoms with Crippen molar-refractivity contribution in [2.45, 2.75) is 33.4 Å². The standard InChI is InChI=1S/C21H20FNO3/c1-3-14-9-19(24)26-21-13(2)20-16(8-17(14)21)11-23(12-25-20)10-15-6-4-5-7-18(15)22/h4-9H,3,10-12H2,1-2H3/p+1. The molecule has 1 aromatic heterocycles. The van der Waals surface area contributed by atoms with E-state index in [1.165, 1.54) is 6.07 Å². The molecule has 2 heterocycles. The largest absolute Gasteiger partial charge is 0.444 e. The number of nitrogens with one attached hydrogen (secondary N) is 1. The molecule has 4 rings (SSSR count). The van der Waals surface area contributed by atoms with Gasteiger partial charge in [-0.2, -0.15) is 0 Å². The van der Waals surface area contributed by atoms with Gasteiger partial charge in [-0.1, -0.05) is 25.1 Å². The van der Waals surface area contributed by atoms with Crippen LogP contribution in [0.15, 0.2) is 45.6 Å². The summed E-state index contributed by atoms with van der Waals surface area (Å²) >= 11 is 0. The summed E-state index contributed by atoms with van der Waals surface area (Å²) in [6.07, 6.45) is 0.757. The number of hydrogen-bond donors (Lipinski definition) is 1. The third kappa shape index (κ3) is 2.88. The van der Waals surface area contributed by atoms with E-state index in [-0.39, 0.29) is 11.4 Å². The van der Waals surface area contributed by atoms with E-state index in [1.54, 1.807) is 12.1 Å². The van der Waals surface area contributed by atoms with Crippen molar-refractivity contribution in [1.82, 2.24) is 0 Å². The van der Waals surface area contributed by atoms with Crippen LogP contribution in [0.25, 0.3) is 11.0 Å². The Kier molecular flexibility index (Phi) is 4.24. The summed E-state index contributed by atoms with van der Waals surface area (Å²) < 4.78 is 25.4. The molecule has 0 aliphatic carbocycles. The molecular weight excluding hydrogens is 333 g/mol. The second-order valence-electron chi connectivity index (χ2n) is 6.79. The highest BCUT2D eigenvalue weighted by atomic mass is 19.1. The van der Waals surface area contributed by atoms with Gasteiger partial charge in [-0.05, 0) is 31.0 Å². The van der Waals surface area contributed by atoms with Gasteiger partial charge in [0.25, 0.3) is 0 Å². The van der Waals surface area contributed by atoms with Crippen molar-refractivity contribution in [3.05, 3.63) is 74.9 Å². The molecule has 134 valence electrons. The van der Waals surface area contributed by atoms with Crippen LogP contribution in [-0.2, 0) is 19.5 Å². The maximum atomic E-state index is 14.0. The van der Waals surface area contributed by atoms with Gasteiger partial charge in [0.1, 0.15) is 30.2 Å². The number of quaternary nitrogens is 1. The lowest BCUT2D eigenvalue weighted by Crippen LogP contribution is -3.11. The Morgan fingerprint density at radius 1 is 1.19 bits per heavy atom. The molecule has 0 saturated heterocycles. The van der Waals surface area contributed by atoms with E-state index in [0.29, 0.717) is 24.4 Å². The number of ether oxygens (including phenoxy) is 1. The zero-order chi connectivity index (χ0) is 18.3. The Morgan fingerprint density at radius 2 is 2.00 bits per heavy atom. The number of benzene rings is 2. The number of halogens is 1. The molecule has 5 heteroatoms. The van der Waals surface area contributed by atoms with Crippen LogP contribution >= 0.6 is 0 Å². The second-order valence-corrected chi connectivity index (χ2v) is 6.79. The summed E-state index contributed by atoms with van der Waals surface area (Å²) in [6, 6.07) is 10.5. The molecule has 26 heavy (non-hydrogen) atoms. The number of hydrogen-bond acceptors (Lipinski definition) is 3. The third-order valence-electron chi connectivity index (χ3n) is 5.02. The molecular formula is C21H21FNO3+. The van der Waals surface area contributed by atoms with Gasteiger partial charge in [-0.15, -0.1) is 0 Å². The minimum absolute atomic E-state index is 0.185. The summed E-state index contributed by atoms with van der Waals surface area (Å²) in [5.74, 6) is 0.599. The molecule has 1 aliphatic rings. The highest BCUT2D eigenvalue weighted by Crippen LogP contribution is 2.33. The summed E-state index contributed by atoms with van der Waals surface area (Å²) in [4.78, 5) is 13.0. The smallest absolute Gasteiger partial charge is 0.336 e. The first-order chi connectivity index (χ1) is 12.6. The SMILES string of the molecule is CCc1cc(=O)oc2c(C)c3c(cc12)C[NH+](Cc1ccccc1F)CO3. The van der Waals surface area contributed by atoms with Crippen molar-refractivity contribution in [1.29, 1.82) is 0 Å². The van der Waals surface area contributed by atoms with Crippen molar-refractivity contribution in [3.8, 4) is 5.75 Å². The molecule has 0 amide bonds. The van der Waals surface area contributed by atoms with Gasteiger partial charge in [0.05, 0.1) is 0 Å². The number of rotatable bonds is 3. The minimum atomic E-state index is -0.333. The van der Waals surface area contributed by atoms with Crippen LogP contribution < -0.4 is 15.3 Å². The Balaban J connectivity index is 1.73. The number of fused-ring (bicyclic) bond motifs is 2. The molecule has 0 spiro atoms. The Labute approximate surface area is 150 Å². The summed E-state index contributed by atoms with van der Waals surface area (Å²) in [5.41, 5.74) is 3.85. The molecule has 0 saturated carbocycles. The maximum Gasteiger partial charge on any atom is 0.336 e. The molecule has 0 bridgehead atoms. The first-order valence-electron chi connectivity index (χ1n) is 8.85. The third-order valence-corrected chi connectivity index (χ3v) is 5.02. The van der Waals surface area contributed by atoms with Gasteiger partial charge in [-0.25, -0.2) is 9.18 Å². The fourth-order valence-corrected chi connectivity index (χ4v) is 3.72. The lowest BCUT2D eigenvalue weighted by atomic mass is 9.99. The van der Waals surface area contributed by atoms with Crippen LogP contribution in [-0.4, -0.2) is 6.73 Å². The van der Waals surface area contributed by atoms with E-state index in [0.717, 1.165) is 45.7 Å². The van der Waals surface area contributed by atoms with Crippen LogP contribution in [0, 0.1) is 12.7 Å². The summed E-state index contributed by atoms with van der Waals surface area (Å²) in [5, 5.41) is 0.957. The zero-order valence-electron chi connectivity index (χ0n) is 14.9. The Hall–Kier alpha value is -2.66. The van der Waals surface area contributed by atoms with E-state index in [4.69, 9.17) is 9.15 Å². The first-order valence-corrected chi connectivity index (χ1v) is 8.85. The first kappa shape index (κ1) is 16.8. The lowest BCUT2D eigenvalue weighted by molar-refractivity contribution is -0.945. The van der Waals surface area contributed by atoms with Crippen molar-refractivity contribution in [2.75, 3.05) is 6.73 Å². The van der Waals surface area contributed by atoms with Crippen LogP contribution in [0.4, 0.5) is 4.39 Å². The monoisotopic (exact) mass is 354 g/mol. The van der Waals surface area contributed by atoms with Gasteiger partial charge in [0.15, 0.2) is 0 Å². The molecule has 1 N–H and O–H groups in total. The average molecular weight is 354 g/mol. The molecule has 3 aromatic rings. The van der Waals surface area contributed by atoms with Crippen molar-refractivity contribution < 1.29 is 18.4 Å². The van der Waals surface area contributed by atoms with Crippen LogP contribution in [0.2, 0.25) is 0 Å². The molecule has 1 unspecified atom stereocenters. The van der Waals surface area contributed by atoms with Crippen molar-refractivity contribution >= 4 is 11.0 Å². The average Bonchev–Trinajstić information content (AvgIpc) is 2.64. The summed E-state index contributed by atoms with van der Waals surface area (Å²) in [7, 11) is 0. The quantitative estimate of drug-likeness (QED) is 0.736. The molecule has 2 aromatic carbocycles. The molecule has 4 nitrogen and oxygen atoms in total. The fraction of sp³-hybridized carbons (Fsp3) is 0.286. The predicted octanol–water partition coefficient (Wildman–Crippen LogP) is 2.74. The summed E-state index contributed by atoms with van der Waals surface area (Å²) in [6.45, 7) is 5.70. The van der Waals surface area contributed by atoms with Crippen molar-refractivity contribution in [2.24, 2.45) is 0 Å². The lowest BCUT2D eigenvalue weighted by Gasteiger charge is -2.28. The van der Waals surface area contributed by atoms with Gasteiger partial charge in [0, 0.05) is 28.1 Å². The van der Waals surface area contributed by atoms with Gasteiger partial charge >= 0.3 is 5.63 Å². The molecule has 1 aliphatic heterocycles. The molecule has 0 radical (unpaired) electrons. The topological polar surface area (TPSA) is 43.9 Å². The van der Waals surface area contributed by atoms with Crippen LogP contribution in [0.1, 0.15) is 29.2 Å². The second kappa shape index (κ2) is 6.57. The molecule has 0 fully saturated rings. The van der Waals surface area contributed by atoms with Gasteiger partial charge < -0.3 is 9.15 Å². The Morgan fingerprint density at radius 3 is 2.77 bits per heavy atom. The van der Waals surface area contributed by atoms with E-state index >= 15 is 0 Å². The number of aryl methyl sites for hydroxylation is 2. The van der Waals surface area contributed by atoms with Gasteiger partial charge in [-0.3, -0.25) is 4.90 Å². The van der Waals surface area contributed by atoms with Crippen LogP contribution in [0.5, 0.6) is 5.75 Å². The minimum Gasteiger partial charge on any atom is -0.444 e. The molecule has 1 atom stereocenters. The normalized spacial score (nSPS) is 16.3. The van der Waals surface area contributed by atoms with E-state index in [1.807, 2.05) is 26.0 Å². The van der Waals surface area contributed by atoms with Crippen LogP contribution in [0.3, 0.4) is 0 Å².